The molecule has 0 spiro atoms. The van der Waals surface area contributed by atoms with E-state index in [1.807, 2.05) is 68.4 Å². The van der Waals surface area contributed by atoms with Crippen LogP contribution < -0.4 is 9.75 Å². The van der Waals surface area contributed by atoms with Crippen LogP contribution in [0.4, 0.5) is 5.13 Å². The molecule has 4 aromatic rings. The Kier molecular flexibility index (Phi) is 6.44. The molecule has 1 heterocycles. The van der Waals surface area contributed by atoms with E-state index in [4.69, 9.17) is 4.74 Å². The number of rotatable bonds is 6. The van der Waals surface area contributed by atoms with E-state index in [0.717, 1.165) is 31.6 Å². The van der Waals surface area contributed by atoms with Crippen molar-refractivity contribution in [2.24, 2.45) is 5.10 Å². The maximum Gasteiger partial charge on any atom is 0.280 e. The van der Waals surface area contributed by atoms with Gasteiger partial charge in [0.05, 0.1) is 23.0 Å². The Bertz CT molecular complexity index is 1230. The summed E-state index contributed by atoms with van der Waals surface area (Å²) in [5.74, 6) is 0.560. The Morgan fingerprint density at radius 3 is 2.58 bits per heavy atom. The number of ether oxygens (including phenoxy) is 1. The number of hydrogen-bond acceptors (Lipinski definition) is 5. The molecule has 156 valence electrons. The van der Waals surface area contributed by atoms with Crippen molar-refractivity contribution in [1.29, 1.82) is 0 Å². The maximum absolute atomic E-state index is 13.3. The quantitative estimate of drug-likeness (QED) is 0.229. The van der Waals surface area contributed by atoms with Gasteiger partial charge >= 0.3 is 0 Å². The normalized spacial score (nSPS) is 11.2. The number of halogens is 1. The van der Waals surface area contributed by atoms with E-state index in [0.29, 0.717) is 17.3 Å². The zero-order valence-electron chi connectivity index (χ0n) is 17.1. The summed E-state index contributed by atoms with van der Waals surface area (Å²) in [6.07, 6.45) is 1.66. The van der Waals surface area contributed by atoms with Gasteiger partial charge in [-0.1, -0.05) is 45.0 Å². The van der Waals surface area contributed by atoms with Crippen LogP contribution in [0.1, 0.15) is 28.4 Å². The SMILES string of the molecule is CCOc1ccc(/C=N/N(C(=O)c2ccc(C)cc2)c2nc3ccc(Br)cc3s2)cc1. The number of hydrogen-bond donors (Lipinski definition) is 0. The van der Waals surface area contributed by atoms with Crippen molar-refractivity contribution in [3.8, 4) is 5.75 Å². The molecule has 31 heavy (non-hydrogen) atoms. The third-order valence-electron chi connectivity index (χ3n) is 4.52. The van der Waals surface area contributed by atoms with Crippen LogP contribution in [0.2, 0.25) is 0 Å². The van der Waals surface area contributed by atoms with E-state index in [9.17, 15) is 4.79 Å². The maximum atomic E-state index is 13.3. The zero-order chi connectivity index (χ0) is 21.8. The number of hydrazone groups is 1. The van der Waals surface area contributed by atoms with Crippen LogP contribution >= 0.6 is 27.3 Å². The molecule has 1 amide bonds. The van der Waals surface area contributed by atoms with Crippen molar-refractivity contribution in [2.75, 3.05) is 11.6 Å². The fourth-order valence-electron chi connectivity index (χ4n) is 2.93. The molecule has 7 heteroatoms. The average Bonchev–Trinajstić information content (AvgIpc) is 3.18. The van der Waals surface area contributed by atoms with E-state index in [2.05, 4.69) is 26.0 Å². The second-order valence-corrected chi connectivity index (χ2v) is 8.76. The van der Waals surface area contributed by atoms with Gasteiger partial charge in [-0.3, -0.25) is 4.79 Å². The zero-order valence-corrected chi connectivity index (χ0v) is 19.5. The lowest BCUT2D eigenvalue weighted by atomic mass is 10.1. The minimum Gasteiger partial charge on any atom is -0.494 e. The van der Waals surface area contributed by atoms with Gasteiger partial charge < -0.3 is 4.74 Å². The van der Waals surface area contributed by atoms with Crippen LogP contribution in [-0.4, -0.2) is 23.7 Å². The first kappa shape index (κ1) is 21.2. The van der Waals surface area contributed by atoms with Gasteiger partial charge in [-0.2, -0.15) is 10.1 Å². The van der Waals surface area contributed by atoms with Gasteiger partial charge in [0.2, 0.25) is 5.13 Å². The summed E-state index contributed by atoms with van der Waals surface area (Å²) in [4.78, 5) is 17.9. The first-order valence-electron chi connectivity index (χ1n) is 9.77. The van der Waals surface area contributed by atoms with Gasteiger partial charge in [0, 0.05) is 10.0 Å². The van der Waals surface area contributed by atoms with Crippen LogP contribution in [-0.2, 0) is 0 Å². The van der Waals surface area contributed by atoms with Crippen molar-refractivity contribution in [1.82, 2.24) is 4.98 Å². The molecule has 0 aliphatic heterocycles. The van der Waals surface area contributed by atoms with Crippen LogP contribution in [0.3, 0.4) is 0 Å². The summed E-state index contributed by atoms with van der Waals surface area (Å²) < 4.78 is 7.42. The van der Waals surface area contributed by atoms with E-state index in [1.54, 1.807) is 18.3 Å². The van der Waals surface area contributed by atoms with Crippen molar-refractivity contribution >= 4 is 54.7 Å². The van der Waals surface area contributed by atoms with E-state index >= 15 is 0 Å². The molecule has 3 aromatic carbocycles. The van der Waals surface area contributed by atoms with Gasteiger partial charge in [0.15, 0.2) is 0 Å². The lowest BCUT2D eigenvalue weighted by Gasteiger charge is -2.14. The average molecular weight is 494 g/mol. The Morgan fingerprint density at radius 1 is 1.13 bits per heavy atom. The summed E-state index contributed by atoms with van der Waals surface area (Å²) in [5, 5.41) is 6.39. The van der Waals surface area contributed by atoms with E-state index in [-0.39, 0.29) is 5.91 Å². The van der Waals surface area contributed by atoms with Crippen molar-refractivity contribution < 1.29 is 9.53 Å². The number of carbonyl (C=O) groups excluding carboxylic acids is 1. The minimum absolute atomic E-state index is 0.236. The highest BCUT2D eigenvalue weighted by molar-refractivity contribution is 9.10. The number of thiazole rings is 1. The fourth-order valence-corrected chi connectivity index (χ4v) is 4.40. The molecule has 4 rings (SSSR count). The molecule has 0 saturated heterocycles. The molecule has 0 radical (unpaired) electrons. The van der Waals surface area contributed by atoms with Crippen LogP contribution in [0.5, 0.6) is 5.75 Å². The second kappa shape index (κ2) is 9.41. The van der Waals surface area contributed by atoms with Gasteiger partial charge in [-0.15, -0.1) is 0 Å². The van der Waals surface area contributed by atoms with Gasteiger partial charge in [0.1, 0.15) is 5.75 Å². The fraction of sp³-hybridized carbons (Fsp3) is 0.125. The molecule has 5 nitrogen and oxygen atoms in total. The monoisotopic (exact) mass is 493 g/mol. The number of amides is 1. The molecule has 0 aliphatic rings. The van der Waals surface area contributed by atoms with Crippen molar-refractivity contribution in [3.05, 3.63) is 87.9 Å². The minimum atomic E-state index is -0.236. The van der Waals surface area contributed by atoms with Gasteiger partial charge in [-0.25, -0.2) is 4.98 Å². The second-order valence-electron chi connectivity index (χ2n) is 6.84. The van der Waals surface area contributed by atoms with Gasteiger partial charge in [0.25, 0.3) is 5.91 Å². The number of anilines is 1. The molecule has 0 N–H and O–H groups in total. The first-order chi connectivity index (χ1) is 15.0. The molecular weight excluding hydrogens is 474 g/mol. The first-order valence-corrected chi connectivity index (χ1v) is 11.4. The Balaban J connectivity index is 1.70. The highest BCUT2D eigenvalue weighted by Gasteiger charge is 2.21. The summed E-state index contributed by atoms with van der Waals surface area (Å²) in [5.41, 5.74) is 3.32. The van der Waals surface area contributed by atoms with Crippen LogP contribution in [0, 0.1) is 6.92 Å². The molecule has 0 fully saturated rings. The predicted octanol–water partition coefficient (Wildman–Crippen LogP) is 6.45. The molecular formula is C24H20BrN3O2S. The number of aromatic nitrogens is 1. The topological polar surface area (TPSA) is 54.8 Å². The summed E-state index contributed by atoms with van der Waals surface area (Å²) >= 11 is 4.91. The third-order valence-corrected chi connectivity index (χ3v) is 6.01. The van der Waals surface area contributed by atoms with Crippen LogP contribution in [0.25, 0.3) is 10.2 Å². The number of benzene rings is 3. The number of fused-ring (bicyclic) bond motifs is 1. The van der Waals surface area contributed by atoms with Crippen molar-refractivity contribution in [2.45, 2.75) is 13.8 Å². The van der Waals surface area contributed by atoms with E-state index in [1.165, 1.54) is 16.3 Å². The Labute approximate surface area is 193 Å². The summed E-state index contributed by atoms with van der Waals surface area (Å²) in [6, 6.07) is 20.8. The molecule has 0 bridgehead atoms. The number of carbonyl (C=O) groups is 1. The molecule has 0 aliphatic carbocycles. The molecule has 0 atom stereocenters. The number of nitrogens with zero attached hydrogens (tertiary/aromatic N) is 3. The van der Waals surface area contributed by atoms with Crippen molar-refractivity contribution in [3.63, 3.8) is 0 Å². The summed E-state index contributed by atoms with van der Waals surface area (Å²) in [7, 11) is 0. The standard InChI is InChI=1S/C24H20BrN3O2S/c1-3-30-20-11-6-17(7-12-20)15-26-28(23(29)18-8-4-16(2)5-9-18)24-27-21-13-10-19(25)14-22(21)31-24/h4-15H,3H2,1-2H3/b26-15+. The highest BCUT2D eigenvalue weighted by atomic mass is 79.9. The number of aryl methyl sites for hydroxylation is 1. The molecule has 0 unspecified atom stereocenters. The van der Waals surface area contributed by atoms with Gasteiger partial charge in [-0.05, 0) is 74.0 Å². The van der Waals surface area contributed by atoms with E-state index < -0.39 is 0 Å². The molecule has 0 saturated carbocycles. The Hall–Kier alpha value is -3.03. The third kappa shape index (κ3) is 5.00. The smallest absolute Gasteiger partial charge is 0.280 e. The predicted molar refractivity (Wildman–Crippen MR) is 131 cm³/mol. The van der Waals surface area contributed by atoms with Crippen LogP contribution in [0.15, 0.2) is 76.3 Å². The molecule has 1 aromatic heterocycles. The lowest BCUT2D eigenvalue weighted by molar-refractivity contribution is 0.0988. The largest absolute Gasteiger partial charge is 0.494 e. The summed E-state index contributed by atoms with van der Waals surface area (Å²) in [6.45, 7) is 4.54. The Morgan fingerprint density at radius 2 is 1.87 bits per heavy atom. The lowest BCUT2D eigenvalue weighted by Crippen LogP contribution is -2.25. The highest BCUT2D eigenvalue weighted by Crippen LogP contribution is 2.32.